The van der Waals surface area contributed by atoms with Crippen molar-refractivity contribution in [1.82, 2.24) is 0 Å². The van der Waals surface area contributed by atoms with Crippen molar-refractivity contribution in [3.8, 4) is 0 Å². The van der Waals surface area contributed by atoms with Crippen LogP contribution in [0.25, 0.3) is 6.08 Å². The van der Waals surface area contributed by atoms with Gasteiger partial charge >= 0.3 is 133 Å². The monoisotopic (exact) mass is 315 g/mol. The average Bonchev–Trinajstić information content (AvgIpc) is 2.55. The Kier molecular flexibility index (Phi) is 4.08. The third-order valence-electron chi connectivity index (χ3n) is 3.85. The van der Waals surface area contributed by atoms with E-state index >= 15 is 0 Å². The maximum atomic E-state index is 5.47. The number of hydrogen-bond donors (Lipinski definition) is 0. The molecule has 0 radical (unpaired) electrons. The Balaban J connectivity index is 2.16. The van der Waals surface area contributed by atoms with E-state index in [-0.39, 0.29) is 6.04 Å². The third kappa shape index (κ3) is 2.61. The number of anilines is 1. The molecule has 0 N–H and O–H groups in total. The molecule has 1 aliphatic rings. The van der Waals surface area contributed by atoms with Crippen molar-refractivity contribution in [3.63, 3.8) is 0 Å². The van der Waals surface area contributed by atoms with Crippen LogP contribution in [0.1, 0.15) is 17.2 Å². The molecule has 0 aromatic heterocycles. The molecule has 0 aliphatic carbocycles. The van der Waals surface area contributed by atoms with Gasteiger partial charge in [-0.2, -0.15) is 0 Å². The maximum absolute atomic E-state index is 5.47. The van der Waals surface area contributed by atoms with Gasteiger partial charge in [0.2, 0.25) is 0 Å². The average molecular weight is 315 g/mol. The van der Waals surface area contributed by atoms with Crippen LogP contribution in [0.5, 0.6) is 0 Å². The summed E-state index contributed by atoms with van der Waals surface area (Å²) in [5.41, 5.74) is 4.86. The van der Waals surface area contributed by atoms with Crippen LogP contribution in [-0.4, -0.2) is 18.7 Å². The van der Waals surface area contributed by atoms with Gasteiger partial charge in [0.15, 0.2) is 0 Å². The van der Waals surface area contributed by atoms with Crippen LogP contribution >= 0.6 is 0 Å². The normalized spacial score (nSPS) is 17.1. The molecule has 1 heterocycles. The molecule has 1 unspecified atom stereocenters. The number of fused-ring (bicyclic) bond motifs is 1. The summed E-state index contributed by atoms with van der Waals surface area (Å²) in [7, 11) is 3.83. The van der Waals surface area contributed by atoms with E-state index in [4.69, 9.17) is 4.74 Å². The first-order valence-corrected chi connectivity index (χ1v) is 7.53. The summed E-state index contributed by atoms with van der Waals surface area (Å²) in [6, 6.07) is 19.1. The van der Waals surface area contributed by atoms with Crippen molar-refractivity contribution in [2.45, 2.75) is 6.04 Å². The van der Waals surface area contributed by atoms with Crippen molar-refractivity contribution >= 4 is 16.3 Å². The SMILES string of the molecule is CO[C](=[Cr])C1=Cc2ccccc2N(C)C1c1ccccc1. The van der Waals surface area contributed by atoms with E-state index in [9.17, 15) is 0 Å². The number of nitrogens with zero attached hydrogens (tertiary/aromatic N) is 1. The van der Waals surface area contributed by atoms with Crippen molar-refractivity contribution in [2.24, 2.45) is 0 Å². The molecule has 0 saturated heterocycles. The van der Waals surface area contributed by atoms with Crippen molar-refractivity contribution in [2.75, 3.05) is 19.1 Å². The molecule has 2 aromatic carbocycles. The molecule has 3 rings (SSSR count). The topological polar surface area (TPSA) is 12.5 Å². The van der Waals surface area contributed by atoms with Crippen LogP contribution in [0.4, 0.5) is 5.69 Å². The second kappa shape index (κ2) is 5.99. The molecule has 0 amide bonds. The fourth-order valence-electron chi connectivity index (χ4n) is 2.85. The van der Waals surface area contributed by atoms with E-state index in [0.717, 1.165) is 10.1 Å². The van der Waals surface area contributed by atoms with Gasteiger partial charge in [-0.3, -0.25) is 0 Å². The van der Waals surface area contributed by atoms with E-state index in [1.807, 2.05) is 6.07 Å². The second-order valence-electron chi connectivity index (χ2n) is 5.07. The van der Waals surface area contributed by atoms with E-state index in [0.29, 0.717) is 0 Å². The Labute approximate surface area is 133 Å². The molecule has 21 heavy (non-hydrogen) atoms. The van der Waals surface area contributed by atoms with Crippen molar-refractivity contribution in [1.29, 1.82) is 0 Å². The van der Waals surface area contributed by atoms with E-state index in [1.54, 1.807) is 7.11 Å². The number of para-hydroxylation sites is 1. The van der Waals surface area contributed by atoms with Crippen LogP contribution < -0.4 is 4.90 Å². The number of rotatable bonds is 3. The molecule has 1 aliphatic heterocycles. The molecular weight excluding hydrogens is 298 g/mol. The van der Waals surface area contributed by atoms with Gasteiger partial charge in [0, 0.05) is 0 Å². The number of benzene rings is 2. The van der Waals surface area contributed by atoms with E-state index in [2.05, 4.69) is 82.4 Å². The van der Waals surface area contributed by atoms with Gasteiger partial charge in [0.1, 0.15) is 0 Å². The summed E-state index contributed by atoms with van der Waals surface area (Å²) in [5, 5.41) is 0. The van der Waals surface area contributed by atoms with Crippen LogP contribution in [0.3, 0.4) is 0 Å². The van der Waals surface area contributed by atoms with Crippen LogP contribution in [0, 0.1) is 0 Å². The van der Waals surface area contributed by atoms with Gasteiger partial charge < -0.3 is 0 Å². The fourth-order valence-corrected chi connectivity index (χ4v) is 3.12. The predicted octanol–water partition coefficient (Wildman–Crippen LogP) is 3.58. The van der Waals surface area contributed by atoms with Crippen LogP contribution in [0.15, 0.2) is 60.2 Å². The minimum atomic E-state index is 0.150. The van der Waals surface area contributed by atoms with Gasteiger partial charge in [-0.05, 0) is 0 Å². The Hall–Kier alpha value is -1.66. The number of ether oxygens (including phenoxy) is 1. The summed E-state index contributed by atoms with van der Waals surface area (Å²) in [6.45, 7) is 0. The Morgan fingerprint density at radius 3 is 2.43 bits per heavy atom. The quantitative estimate of drug-likeness (QED) is 0.858. The first kappa shape index (κ1) is 14.3. The molecule has 0 bridgehead atoms. The molecule has 0 spiro atoms. The Morgan fingerprint density at radius 1 is 1.05 bits per heavy atom. The number of hydrogen-bond acceptors (Lipinski definition) is 2. The van der Waals surface area contributed by atoms with Gasteiger partial charge in [0.25, 0.3) is 0 Å². The molecular formula is C18H17CrNO. The fraction of sp³-hybridized carbons (Fsp3) is 0.167. The summed E-state index contributed by atoms with van der Waals surface area (Å²) in [5.74, 6) is 0. The van der Waals surface area contributed by atoms with Gasteiger partial charge in [-0.1, -0.05) is 0 Å². The zero-order valence-electron chi connectivity index (χ0n) is 12.1. The summed E-state index contributed by atoms with van der Waals surface area (Å²) in [6.07, 6.45) is 2.21. The number of likely N-dealkylation sites (N-methyl/N-ethyl adjacent to an activating group) is 1. The van der Waals surface area contributed by atoms with Gasteiger partial charge in [-0.25, -0.2) is 0 Å². The molecule has 3 heteroatoms. The molecule has 106 valence electrons. The third-order valence-corrected chi connectivity index (χ3v) is 4.47. The van der Waals surface area contributed by atoms with Gasteiger partial charge in [0.05, 0.1) is 0 Å². The van der Waals surface area contributed by atoms with Gasteiger partial charge in [-0.15, -0.1) is 0 Å². The standard InChI is InChI=1S/C18H17NO.Cr/c1-19-17-11-7-6-10-15(17)12-16(13-20-2)18(19)14-8-4-3-5-9-14;/h3-12,18H,1-2H3;. The predicted molar refractivity (Wildman–Crippen MR) is 84.0 cm³/mol. The first-order chi connectivity index (χ1) is 10.2. The van der Waals surface area contributed by atoms with Crippen molar-refractivity contribution in [3.05, 3.63) is 71.3 Å². The molecule has 2 aromatic rings. The van der Waals surface area contributed by atoms with Crippen molar-refractivity contribution < 1.29 is 20.6 Å². The molecule has 0 fully saturated rings. The van der Waals surface area contributed by atoms with Crippen LogP contribution in [-0.2, 0) is 20.6 Å². The Bertz CT molecular complexity index is 693. The molecule has 0 saturated carbocycles. The summed E-state index contributed by atoms with van der Waals surface area (Å²) >= 11 is 3.05. The first-order valence-electron chi connectivity index (χ1n) is 6.89. The molecule has 1 atom stereocenters. The van der Waals surface area contributed by atoms with E-state index in [1.165, 1.54) is 16.8 Å². The zero-order chi connectivity index (χ0) is 14.8. The number of methoxy groups -OCH3 is 1. The molecule has 2 nitrogen and oxygen atoms in total. The van der Waals surface area contributed by atoms with Crippen LogP contribution in [0.2, 0.25) is 0 Å². The summed E-state index contributed by atoms with van der Waals surface area (Å²) in [4.78, 5) is 2.30. The second-order valence-corrected chi connectivity index (χ2v) is 5.65. The minimum absolute atomic E-state index is 0.150. The summed E-state index contributed by atoms with van der Waals surface area (Å²) < 4.78 is 6.31. The Morgan fingerprint density at radius 2 is 1.71 bits per heavy atom. The van der Waals surface area contributed by atoms with E-state index < -0.39 is 0 Å². The zero-order valence-corrected chi connectivity index (χ0v) is 13.4.